The lowest BCUT2D eigenvalue weighted by atomic mass is 10.0. The van der Waals surface area contributed by atoms with Crippen molar-refractivity contribution in [2.75, 3.05) is 0 Å². The van der Waals surface area contributed by atoms with Gasteiger partial charge in [0.2, 0.25) is 8.32 Å². The summed E-state index contributed by atoms with van der Waals surface area (Å²) in [5.74, 6) is 1.45. The van der Waals surface area contributed by atoms with Gasteiger partial charge in [-0.1, -0.05) is 20.8 Å². The summed E-state index contributed by atoms with van der Waals surface area (Å²) in [6.07, 6.45) is 0. The van der Waals surface area contributed by atoms with Crippen LogP contribution in [-0.2, 0) is 0 Å². The maximum atomic E-state index is 12.3. The normalized spacial score (nSPS) is 12.7. The van der Waals surface area contributed by atoms with E-state index in [0.717, 1.165) is 16.9 Å². The van der Waals surface area contributed by atoms with Crippen LogP contribution >= 0.6 is 0 Å². The SMILES string of the molecule is Cc1cc(=O)c2cc(O[Si](C)(C)C(C)(C)C)c(C)c(C)c2o1. The summed E-state index contributed by atoms with van der Waals surface area (Å²) < 4.78 is 12.2. The summed E-state index contributed by atoms with van der Waals surface area (Å²) in [5.41, 5.74) is 2.69. The highest BCUT2D eigenvalue weighted by Gasteiger charge is 2.39. The van der Waals surface area contributed by atoms with Crippen molar-refractivity contribution in [3.63, 3.8) is 0 Å². The van der Waals surface area contributed by atoms with Crippen LogP contribution in [0, 0.1) is 20.8 Å². The van der Waals surface area contributed by atoms with Crippen LogP contribution in [0.15, 0.2) is 21.3 Å². The monoisotopic (exact) mass is 318 g/mol. The van der Waals surface area contributed by atoms with Gasteiger partial charge < -0.3 is 8.84 Å². The van der Waals surface area contributed by atoms with Gasteiger partial charge in [-0.15, -0.1) is 0 Å². The Hall–Kier alpha value is -1.55. The minimum atomic E-state index is -1.95. The highest BCUT2D eigenvalue weighted by Crippen LogP contribution is 2.39. The van der Waals surface area contributed by atoms with Gasteiger partial charge in [0.25, 0.3) is 0 Å². The summed E-state index contributed by atoms with van der Waals surface area (Å²) in [7, 11) is -1.95. The predicted molar refractivity (Wildman–Crippen MR) is 94.5 cm³/mol. The van der Waals surface area contributed by atoms with Crippen molar-refractivity contribution in [2.24, 2.45) is 0 Å². The molecule has 0 unspecified atom stereocenters. The fourth-order valence-electron chi connectivity index (χ4n) is 2.16. The number of benzene rings is 1. The van der Waals surface area contributed by atoms with E-state index in [9.17, 15) is 4.79 Å². The molecule has 1 aromatic carbocycles. The van der Waals surface area contributed by atoms with E-state index >= 15 is 0 Å². The molecule has 2 rings (SSSR count). The molecule has 0 saturated heterocycles. The Morgan fingerprint density at radius 1 is 1.05 bits per heavy atom. The predicted octanol–water partition coefficient (Wildman–Crippen LogP) is 5.10. The minimum Gasteiger partial charge on any atom is -0.543 e. The Kier molecular flexibility index (Phi) is 4.02. The molecule has 0 aliphatic heterocycles. The average Bonchev–Trinajstić information content (AvgIpc) is 2.35. The average molecular weight is 318 g/mol. The highest BCUT2D eigenvalue weighted by molar-refractivity contribution is 6.74. The van der Waals surface area contributed by atoms with Crippen LogP contribution in [0.2, 0.25) is 18.1 Å². The van der Waals surface area contributed by atoms with Crippen LogP contribution < -0.4 is 9.85 Å². The van der Waals surface area contributed by atoms with Gasteiger partial charge in [-0.3, -0.25) is 4.79 Å². The van der Waals surface area contributed by atoms with Crippen molar-refractivity contribution < 1.29 is 8.84 Å². The Balaban J connectivity index is 2.67. The molecule has 3 nitrogen and oxygen atoms in total. The van der Waals surface area contributed by atoms with Crippen LogP contribution in [0.25, 0.3) is 11.0 Å². The molecule has 4 heteroatoms. The summed E-state index contributed by atoms with van der Waals surface area (Å²) in [6.45, 7) is 16.9. The van der Waals surface area contributed by atoms with E-state index in [4.69, 9.17) is 8.84 Å². The number of fused-ring (bicyclic) bond motifs is 1. The standard InChI is InChI=1S/C18H26O3Si/c1-11-9-15(19)14-10-16(12(2)13(3)17(14)20-11)21-22(7,8)18(4,5)6/h9-10H,1-8H3. The van der Waals surface area contributed by atoms with Gasteiger partial charge in [0.15, 0.2) is 5.43 Å². The fourth-order valence-corrected chi connectivity index (χ4v) is 3.23. The second-order valence-corrected chi connectivity index (χ2v) is 12.3. The van der Waals surface area contributed by atoms with E-state index in [-0.39, 0.29) is 10.5 Å². The van der Waals surface area contributed by atoms with Gasteiger partial charge in [-0.25, -0.2) is 0 Å². The number of hydrogen-bond donors (Lipinski definition) is 0. The first kappa shape index (κ1) is 16.8. The second-order valence-electron chi connectivity index (χ2n) is 7.59. The third-order valence-corrected chi connectivity index (χ3v) is 9.17. The van der Waals surface area contributed by atoms with E-state index in [2.05, 4.69) is 33.9 Å². The van der Waals surface area contributed by atoms with E-state index in [1.807, 2.05) is 19.9 Å². The molecule has 0 saturated carbocycles. The van der Waals surface area contributed by atoms with Gasteiger partial charge in [-0.2, -0.15) is 0 Å². The van der Waals surface area contributed by atoms with Crippen molar-refractivity contribution in [3.8, 4) is 5.75 Å². The molecule has 0 aliphatic rings. The summed E-state index contributed by atoms with van der Waals surface area (Å²) in [6, 6.07) is 3.39. The first-order valence-electron chi connectivity index (χ1n) is 7.68. The van der Waals surface area contributed by atoms with Crippen LogP contribution in [0.4, 0.5) is 0 Å². The molecule has 1 heterocycles. The van der Waals surface area contributed by atoms with E-state index in [1.54, 1.807) is 6.92 Å². The molecule has 22 heavy (non-hydrogen) atoms. The molecule has 0 amide bonds. The molecule has 0 atom stereocenters. The summed E-state index contributed by atoms with van der Waals surface area (Å²) in [4.78, 5) is 12.3. The van der Waals surface area contributed by atoms with Crippen LogP contribution in [0.5, 0.6) is 5.75 Å². The summed E-state index contributed by atoms with van der Waals surface area (Å²) >= 11 is 0. The number of aryl methyl sites for hydroxylation is 2. The Labute approximate surface area is 133 Å². The zero-order valence-corrected chi connectivity index (χ0v) is 15.9. The molecule has 0 aliphatic carbocycles. The minimum absolute atomic E-state index is 0.0121. The molecule has 0 bridgehead atoms. The van der Waals surface area contributed by atoms with Crippen molar-refractivity contribution in [1.29, 1.82) is 0 Å². The van der Waals surface area contributed by atoms with E-state index in [1.165, 1.54) is 6.07 Å². The maximum absolute atomic E-state index is 12.3. The van der Waals surface area contributed by atoms with Crippen molar-refractivity contribution in [2.45, 2.75) is 59.7 Å². The van der Waals surface area contributed by atoms with Crippen LogP contribution in [-0.4, -0.2) is 8.32 Å². The third-order valence-electron chi connectivity index (χ3n) is 4.83. The lowest BCUT2D eigenvalue weighted by Gasteiger charge is -2.37. The second kappa shape index (κ2) is 5.27. The zero-order valence-electron chi connectivity index (χ0n) is 14.9. The number of hydrogen-bond acceptors (Lipinski definition) is 3. The van der Waals surface area contributed by atoms with E-state index in [0.29, 0.717) is 16.7 Å². The first-order valence-corrected chi connectivity index (χ1v) is 10.6. The van der Waals surface area contributed by atoms with E-state index < -0.39 is 8.32 Å². The zero-order chi connectivity index (χ0) is 16.9. The Morgan fingerprint density at radius 3 is 2.18 bits per heavy atom. The molecule has 0 fully saturated rings. The van der Waals surface area contributed by atoms with Gasteiger partial charge in [0, 0.05) is 6.07 Å². The number of rotatable bonds is 2. The third kappa shape index (κ3) is 2.84. The molecule has 120 valence electrons. The molecule has 0 N–H and O–H groups in total. The fraction of sp³-hybridized carbons (Fsp3) is 0.500. The molecule has 1 aromatic heterocycles. The topological polar surface area (TPSA) is 39.4 Å². The molecule has 2 aromatic rings. The van der Waals surface area contributed by atoms with Crippen LogP contribution in [0.3, 0.4) is 0 Å². The lowest BCUT2D eigenvalue weighted by Crippen LogP contribution is -2.44. The lowest BCUT2D eigenvalue weighted by molar-refractivity contribution is 0.488. The van der Waals surface area contributed by atoms with Gasteiger partial charge in [-0.05, 0) is 56.1 Å². The Bertz CT molecular complexity index is 779. The molecular weight excluding hydrogens is 292 g/mol. The van der Waals surface area contributed by atoms with Crippen molar-refractivity contribution >= 4 is 19.3 Å². The van der Waals surface area contributed by atoms with Gasteiger partial charge in [0.1, 0.15) is 17.1 Å². The summed E-state index contributed by atoms with van der Waals surface area (Å²) in [5, 5.41) is 0.711. The van der Waals surface area contributed by atoms with Crippen molar-refractivity contribution in [1.82, 2.24) is 0 Å². The van der Waals surface area contributed by atoms with Gasteiger partial charge >= 0.3 is 0 Å². The molecular formula is C18H26O3Si. The molecule has 0 spiro atoms. The van der Waals surface area contributed by atoms with Gasteiger partial charge in [0.05, 0.1) is 5.39 Å². The molecule has 0 radical (unpaired) electrons. The van der Waals surface area contributed by atoms with Crippen molar-refractivity contribution in [3.05, 3.63) is 39.2 Å². The van der Waals surface area contributed by atoms with Crippen LogP contribution in [0.1, 0.15) is 37.7 Å². The maximum Gasteiger partial charge on any atom is 0.250 e. The highest BCUT2D eigenvalue weighted by atomic mass is 28.4. The first-order chi connectivity index (χ1) is 9.94. The smallest absolute Gasteiger partial charge is 0.250 e. The quantitative estimate of drug-likeness (QED) is 0.723. The largest absolute Gasteiger partial charge is 0.543 e. The Morgan fingerprint density at radius 2 is 1.64 bits per heavy atom.